The summed E-state index contributed by atoms with van der Waals surface area (Å²) in [5.74, 6) is 2.04. The lowest BCUT2D eigenvalue weighted by molar-refractivity contribution is 0.102. The standard InChI is InChI=1S/C20H18N4O4/c1-12-9-16(19(25)22-13-3-6-15(26-2)7-4-13)24-20(21-12)23-14-5-8-17-18(10-14)28-11-27-17/h3-10H,11H2,1-2H3,(H,22,25)(H,21,23,24). The van der Waals surface area contributed by atoms with Crippen LogP contribution < -0.4 is 24.8 Å². The quantitative estimate of drug-likeness (QED) is 0.701. The predicted molar refractivity (Wildman–Crippen MR) is 104 cm³/mol. The fourth-order valence-corrected chi connectivity index (χ4v) is 2.71. The summed E-state index contributed by atoms with van der Waals surface area (Å²) in [4.78, 5) is 21.2. The molecule has 2 heterocycles. The Morgan fingerprint density at radius 1 is 1.00 bits per heavy atom. The number of ether oxygens (including phenoxy) is 3. The van der Waals surface area contributed by atoms with Crippen LogP contribution in [-0.2, 0) is 0 Å². The number of nitrogens with zero attached hydrogens (tertiary/aromatic N) is 2. The van der Waals surface area contributed by atoms with Crippen LogP contribution in [-0.4, -0.2) is 29.8 Å². The van der Waals surface area contributed by atoms with E-state index >= 15 is 0 Å². The summed E-state index contributed by atoms with van der Waals surface area (Å²) in [6.07, 6.45) is 0. The number of methoxy groups -OCH3 is 1. The number of aryl methyl sites for hydroxylation is 1. The van der Waals surface area contributed by atoms with Crippen LogP contribution in [0.2, 0.25) is 0 Å². The molecule has 0 saturated carbocycles. The zero-order valence-corrected chi connectivity index (χ0v) is 15.4. The van der Waals surface area contributed by atoms with Crippen LogP contribution in [0, 0.1) is 6.92 Å². The Labute approximate surface area is 161 Å². The molecule has 0 fully saturated rings. The molecule has 0 unspecified atom stereocenters. The third kappa shape index (κ3) is 3.80. The van der Waals surface area contributed by atoms with Gasteiger partial charge < -0.3 is 24.8 Å². The largest absolute Gasteiger partial charge is 0.497 e. The lowest BCUT2D eigenvalue weighted by Gasteiger charge is -2.10. The molecule has 1 aliphatic heterocycles. The van der Waals surface area contributed by atoms with Crippen molar-refractivity contribution in [3.05, 3.63) is 59.9 Å². The smallest absolute Gasteiger partial charge is 0.274 e. The van der Waals surface area contributed by atoms with E-state index in [0.29, 0.717) is 34.6 Å². The van der Waals surface area contributed by atoms with E-state index in [1.165, 1.54) is 0 Å². The number of fused-ring (bicyclic) bond motifs is 1. The maximum Gasteiger partial charge on any atom is 0.274 e. The number of nitrogens with one attached hydrogen (secondary N) is 2. The zero-order chi connectivity index (χ0) is 19.5. The Bertz CT molecular complexity index is 1020. The van der Waals surface area contributed by atoms with Crippen LogP contribution in [0.1, 0.15) is 16.2 Å². The number of aromatic nitrogens is 2. The Morgan fingerprint density at radius 2 is 1.75 bits per heavy atom. The van der Waals surface area contributed by atoms with Crippen LogP contribution in [0.5, 0.6) is 17.2 Å². The van der Waals surface area contributed by atoms with Gasteiger partial charge >= 0.3 is 0 Å². The van der Waals surface area contributed by atoms with Gasteiger partial charge in [0.15, 0.2) is 11.5 Å². The van der Waals surface area contributed by atoms with Gasteiger partial charge in [-0.3, -0.25) is 4.79 Å². The van der Waals surface area contributed by atoms with Gasteiger partial charge in [-0.25, -0.2) is 9.97 Å². The van der Waals surface area contributed by atoms with E-state index in [0.717, 1.165) is 5.69 Å². The average Bonchev–Trinajstić information content (AvgIpc) is 3.16. The Kier molecular flexibility index (Phi) is 4.67. The maximum atomic E-state index is 12.6. The normalized spacial score (nSPS) is 11.8. The summed E-state index contributed by atoms with van der Waals surface area (Å²) in [5.41, 5.74) is 2.30. The molecule has 2 aromatic carbocycles. The summed E-state index contributed by atoms with van der Waals surface area (Å²) in [6.45, 7) is 2.01. The zero-order valence-electron chi connectivity index (χ0n) is 15.4. The monoisotopic (exact) mass is 378 g/mol. The molecule has 4 rings (SSSR count). The molecule has 2 N–H and O–H groups in total. The van der Waals surface area contributed by atoms with E-state index in [1.54, 1.807) is 56.5 Å². The summed E-state index contributed by atoms with van der Waals surface area (Å²) in [7, 11) is 1.59. The van der Waals surface area contributed by atoms with Gasteiger partial charge in [-0.1, -0.05) is 0 Å². The molecule has 0 spiro atoms. The fourth-order valence-electron chi connectivity index (χ4n) is 2.71. The van der Waals surface area contributed by atoms with Crippen molar-refractivity contribution in [2.24, 2.45) is 0 Å². The van der Waals surface area contributed by atoms with E-state index < -0.39 is 0 Å². The molecule has 0 atom stereocenters. The third-order valence-corrected chi connectivity index (χ3v) is 4.06. The fraction of sp³-hybridized carbons (Fsp3) is 0.150. The van der Waals surface area contributed by atoms with E-state index in [4.69, 9.17) is 14.2 Å². The van der Waals surface area contributed by atoms with Gasteiger partial charge in [0.25, 0.3) is 5.91 Å². The first kappa shape index (κ1) is 17.6. The first-order valence-corrected chi connectivity index (χ1v) is 8.58. The van der Waals surface area contributed by atoms with Crippen molar-refractivity contribution in [2.45, 2.75) is 6.92 Å². The van der Waals surface area contributed by atoms with Gasteiger partial charge in [0.1, 0.15) is 11.4 Å². The number of rotatable bonds is 5. The number of benzene rings is 2. The van der Waals surface area contributed by atoms with Gasteiger partial charge in [-0.05, 0) is 49.4 Å². The van der Waals surface area contributed by atoms with Gasteiger partial charge in [0, 0.05) is 23.1 Å². The molecular formula is C20H18N4O4. The second-order valence-corrected chi connectivity index (χ2v) is 6.09. The number of hydrogen-bond acceptors (Lipinski definition) is 7. The summed E-state index contributed by atoms with van der Waals surface area (Å²) in [5, 5.41) is 5.91. The minimum atomic E-state index is -0.329. The summed E-state index contributed by atoms with van der Waals surface area (Å²) < 4.78 is 15.8. The number of carbonyl (C=O) groups is 1. The minimum absolute atomic E-state index is 0.204. The van der Waals surface area contributed by atoms with E-state index in [-0.39, 0.29) is 18.4 Å². The van der Waals surface area contributed by atoms with Crippen LogP contribution in [0.15, 0.2) is 48.5 Å². The number of carbonyl (C=O) groups excluding carboxylic acids is 1. The van der Waals surface area contributed by atoms with E-state index in [2.05, 4.69) is 20.6 Å². The van der Waals surface area contributed by atoms with Crippen LogP contribution in [0.4, 0.5) is 17.3 Å². The highest BCUT2D eigenvalue weighted by atomic mass is 16.7. The van der Waals surface area contributed by atoms with E-state index in [9.17, 15) is 4.79 Å². The Hall–Kier alpha value is -3.81. The number of hydrogen-bond donors (Lipinski definition) is 2. The average molecular weight is 378 g/mol. The van der Waals surface area contributed by atoms with Gasteiger partial charge in [0.2, 0.25) is 12.7 Å². The molecule has 8 heteroatoms. The van der Waals surface area contributed by atoms with Crippen molar-refractivity contribution in [1.29, 1.82) is 0 Å². The summed E-state index contributed by atoms with van der Waals surface area (Å²) >= 11 is 0. The van der Waals surface area contributed by atoms with Crippen molar-refractivity contribution >= 4 is 23.2 Å². The molecule has 8 nitrogen and oxygen atoms in total. The summed E-state index contributed by atoms with van der Waals surface area (Å²) in [6, 6.07) is 14.1. The van der Waals surface area contributed by atoms with Gasteiger partial charge in [-0.2, -0.15) is 0 Å². The van der Waals surface area contributed by atoms with Crippen molar-refractivity contribution in [1.82, 2.24) is 9.97 Å². The van der Waals surface area contributed by atoms with E-state index in [1.807, 2.05) is 6.07 Å². The first-order valence-electron chi connectivity index (χ1n) is 8.58. The van der Waals surface area contributed by atoms with Crippen LogP contribution in [0.3, 0.4) is 0 Å². The first-order chi connectivity index (χ1) is 13.6. The van der Waals surface area contributed by atoms with Crippen molar-refractivity contribution < 1.29 is 19.0 Å². The maximum absolute atomic E-state index is 12.6. The molecule has 0 bridgehead atoms. The molecule has 0 saturated heterocycles. The predicted octanol–water partition coefficient (Wildman–Crippen LogP) is 3.52. The van der Waals surface area contributed by atoms with Crippen molar-refractivity contribution in [2.75, 3.05) is 24.5 Å². The number of anilines is 3. The second-order valence-electron chi connectivity index (χ2n) is 6.09. The van der Waals surface area contributed by atoms with Gasteiger partial charge in [-0.15, -0.1) is 0 Å². The molecule has 0 radical (unpaired) electrons. The van der Waals surface area contributed by atoms with Crippen LogP contribution in [0.25, 0.3) is 0 Å². The molecule has 0 aliphatic carbocycles. The minimum Gasteiger partial charge on any atom is -0.497 e. The number of amides is 1. The molecule has 1 amide bonds. The van der Waals surface area contributed by atoms with Crippen LogP contribution >= 0.6 is 0 Å². The molecule has 28 heavy (non-hydrogen) atoms. The highest BCUT2D eigenvalue weighted by Crippen LogP contribution is 2.34. The Morgan fingerprint density at radius 3 is 2.54 bits per heavy atom. The van der Waals surface area contributed by atoms with Crippen molar-refractivity contribution in [3.63, 3.8) is 0 Å². The molecule has 142 valence electrons. The van der Waals surface area contributed by atoms with Gasteiger partial charge in [0.05, 0.1) is 7.11 Å². The topological polar surface area (TPSA) is 94.6 Å². The Balaban J connectivity index is 1.52. The molecular weight excluding hydrogens is 360 g/mol. The van der Waals surface area contributed by atoms with Crippen molar-refractivity contribution in [3.8, 4) is 17.2 Å². The second kappa shape index (κ2) is 7.43. The SMILES string of the molecule is COc1ccc(NC(=O)c2cc(C)nc(Nc3ccc4c(c3)OCO4)n2)cc1. The highest BCUT2D eigenvalue weighted by molar-refractivity contribution is 6.03. The molecule has 1 aromatic heterocycles. The lowest BCUT2D eigenvalue weighted by Crippen LogP contribution is -2.15. The third-order valence-electron chi connectivity index (χ3n) is 4.06. The lowest BCUT2D eigenvalue weighted by atomic mass is 10.2. The molecule has 3 aromatic rings. The highest BCUT2D eigenvalue weighted by Gasteiger charge is 2.15. The molecule has 1 aliphatic rings.